The molecule has 1 unspecified atom stereocenters. The molecule has 1 atom stereocenters. The van der Waals surface area contributed by atoms with Gasteiger partial charge >= 0.3 is 0 Å². The summed E-state index contributed by atoms with van der Waals surface area (Å²) in [5.74, 6) is -0.478. The van der Waals surface area contributed by atoms with Gasteiger partial charge in [0.05, 0.1) is 19.1 Å². The molecular weight excluding hydrogens is 176 g/mol. The van der Waals surface area contributed by atoms with Gasteiger partial charge in [0.1, 0.15) is 6.10 Å². The lowest BCUT2D eigenvalue weighted by molar-refractivity contribution is -0.232. The number of nitrogens with two attached hydrogens (primary N) is 1. The predicted octanol–water partition coefficient (Wildman–Crippen LogP) is -2.31. The topological polar surface area (TPSA) is 96.0 Å². The fourth-order valence-corrected chi connectivity index (χ4v) is 0.968. The summed E-state index contributed by atoms with van der Waals surface area (Å²) in [6, 6.07) is 0. The van der Waals surface area contributed by atoms with Crippen molar-refractivity contribution in [1.29, 1.82) is 0 Å². The minimum absolute atomic E-state index is 0.0436. The molecule has 1 aliphatic rings. The quantitative estimate of drug-likeness (QED) is 0.452. The summed E-state index contributed by atoms with van der Waals surface area (Å²) in [7, 11) is 0. The number of hydroxylamine groups is 2. The smallest absolute Gasteiger partial charge is 0.223 e. The number of nitrogens with zero attached hydrogens (tertiary/aromatic N) is 1. The first-order chi connectivity index (χ1) is 6.13. The first-order valence-corrected chi connectivity index (χ1v) is 4.09. The highest BCUT2D eigenvalue weighted by Gasteiger charge is 2.32. The Morgan fingerprint density at radius 3 is 2.77 bits per heavy atom. The van der Waals surface area contributed by atoms with E-state index in [2.05, 4.69) is 0 Å². The SMILES string of the molecule is NC(=O)C1CN(OCC(O)CO)C1. The predicted molar refractivity (Wildman–Crippen MR) is 43.3 cm³/mol. The van der Waals surface area contributed by atoms with Gasteiger partial charge in [0.2, 0.25) is 5.91 Å². The number of aliphatic hydroxyl groups is 2. The molecule has 0 saturated carbocycles. The maximum absolute atomic E-state index is 10.6. The van der Waals surface area contributed by atoms with Gasteiger partial charge in [-0.3, -0.25) is 9.63 Å². The van der Waals surface area contributed by atoms with Crippen molar-refractivity contribution in [3.63, 3.8) is 0 Å². The summed E-state index contributed by atoms with van der Waals surface area (Å²) in [6.45, 7) is 0.649. The van der Waals surface area contributed by atoms with E-state index in [1.165, 1.54) is 5.06 Å². The largest absolute Gasteiger partial charge is 0.394 e. The Bertz CT molecular complexity index is 181. The third kappa shape index (κ3) is 2.92. The highest BCUT2D eigenvalue weighted by Crippen LogP contribution is 2.14. The molecule has 0 bridgehead atoms. The fourth-order valence-electron chi connectivity index (χ4n) is 0.968. The fraction of sp³-hybridized carbons (Fsp3) is 0.857. The highest BCUT2D eigenvalue weighted by atomic mass is 16.7. The van der Waals surface area contributed by atoms with E-state index in [9.17, 15) is 4.79 Å². The van der Waals surface area contributed by atoms with Crippen LogP contribution < -0.4 is 5.73 Å². The van der Waals surface area contributed by atoms with E-state index in [-0.39, 0.29) is 25.0 Å². The van der Waals surface area contributed by atoms with E-state index in [0.717, 1.165) is 0 Å². The molecule has 13 heavy (non-hydrogen) atoms. The molecule has 0 aromatic carbocycles. The molecule has 1 saturated heterocycles. The van der Waals surface area contributed by atoms with Crippen molar-refractivity contribution >= 4 is 5.91 Å². The van der Waals surface area contributed by atoms with Crippen LogP contribution in [0.3, 0.4) is 0 Å². The molecule has 4 N–H and O–H groups in total. The highest BCUT2D eigenvalue weighted by molar-refractivity contribution is 5.77. The Balaban J connectivity index is 2.05. The van der Waals surface area contributed by atoms with Crippen molar-refractivity contribution < 1.29 is 19.8 Å². The Morgan fingerprint density at radius 1 is 1.69 bits per heavy atom. The molecule has 0 aromatic rings. The van der Waals surface area contributed by atoms with E-state index in [4.69, 9.17) is 20.8 Å². The summed E-state index contributed by atoms with van der Waals surface area (Å²) in [5, 5.41) is 18.9. The second-order valence-corrected chi connectivity index (χ2v) is 3.08. The van der Waals surface area contributed by atoms with Crippen LogP contribution in [0.1, 0.15) is 0 Å². The van der Waals surface area contributed by atoms with Crippen molar-refractivity contribution in [1.82, 2.24) is 5.06 Å². The van der Waals surface area contributed by atoms with Gasteiger partial charge in [-0.25, -0.2) is 0 Å². The van der Waals surface area contributed by atoms with Crippen molar-refractivity contribution in [2.75, 3.05) is 26.3 Å². The van der Waals surface area contributed by atoms with Gasteiger partial charge in [-0.2, -0.15) is 5.06 Å². The standard InChI is InChI=1S/C7H14N2O4/c8-7(12)5-1-9(2-5)13-4-6(11)3-10/h5-6,10-11H,1-4H2,(H2,8,12). The van der Waals surface area contributed by atoms with E-state index >= 15 is 0 Å². The number of hydrogen-bond donors (Lipinski definition) is 3. The van der Waals surface area contributed by atoms with Gasteiger partial charge in [0.15, 0.2) is 0 Å². The van der Waals surface area contributed by atoms with Crippen LogP contribution in [0.4, 0.5) is 0 Å². The Kier molecular flexibility index (Phi) is 3.61. The van der Waals surface area contributed by atoms with Crippen molar-refractivity contribution in [3.8, 4) is 0 Å². The number of primary amides is 1. The molecular formula is C7H14N2O4. The average Bonchev–Trinajstić information content (AvgIpc) is 2.00. The molecule has 6 heteroatoms. The van der Waals surface area contributed by atoms with Gasteiger partial charge in [-0.1, -0.05) is 0 Å². The minimum atomic E-state index is -0.868. The van der Waals surface area contributed by atoms with Gasteiger partial charge in [-0.15, -0.1) is 0 Å². The molecule has 1 amide bonds. The minimum Gasteiger partial charge on any atom is -0.394 e. The van der Waals surface area contributed by atoms with Crippen molar-refractivity contribution in [2.45, 2.75) is 6.10 Å². The second-order valence-electron chi connectivity index (χ2n) is 3.08. The molecule has 76 valence electrons. The first-order valence-electron chi connectivity index (χ1n) is 4.09. The lowest BCUT2D eigenvalue weighted by Gasteiger charge is -2.36. The second kappa shape index (κ2) is 4.52. The zero-order valence-corrected chi connectivity index (χ0v) is 7.22. The number of aliphatic hydroxyl groups excluding tert-OH is 2. The number of rotatable bonds is 5. The molecule has 1 heterocycles. The number of amides is 1. The monoisotopic (exact) mass is 190 g/mol. The molecule has 0 radical (unpaired) electrons. The van der Waals surface area contributed by atoms with Crippen molar-refractivity contribution in [2.24, 2.45) is 11.7 Å². The van der Waals surface area contributed by atoms with Crippen LogP contribution >= 0.6 is 0 Å². The van der Waals surface area contributed by atoms with E-state index in [1.54, 1.807) is 0 Å². The van der Waals surface area contributed by atoms with Crippen LogP contribution in [0, 0.1) is 5.92 Å². The van der Waals surface area contributed by atoms with E-state index in [1.807, 2.05) is 0 Å². The van der Waals surface area contributed by atoms with Gasteiger partial charge in [-0.05, 0) is 0 Å². The van der Waals surface area contributed by atoms with Crippen LogP contribution in [0.25, 0.3) is 0 Å². The molecule has 1 rings (SSSR count). The van der Waals surface area contributed by atoms with Crippen LogP contribution in [-0.2, 0) is 9.63 Å². The zero-order chi connectivity index (χ0) is 9.84. The van der Waals surface area contributed by atoms with Crippen LogP contribution in [0.15, 0.2) is 0 Å². The van der Waals surface area contributed by atoms with Gasteiger partial charge in [0, 0.05) is 13.1 Å². The molecule has 6 nitrogen and oxygen atoms in total. The van der Waals surface area contributed by atoms with Crippen molar-refractivity contribution in [3.05, 3.63) is 0 Å². The zero-order valence-electron chi connectivity index (χ0n) is 7.22. The molecule has 0 aliphatic carbocycles. The summed E-state index contributed by atoms with van der Waals surface area (Å²) in [4.78, 5) is 15.6. The van der Waals surface area contributed by atoms with Gasteiger partial charge < -0.3 is 15.9 Å². The Labute approximate surface area is 75.8 Å². The summed E-state index contributed by atoms with van der Waals surface area (Å²) < 4.78 is 0. The average molecular weight is 190 g/mol. The third-order valence-electron chi connectivity index (χ3n) is 1.91. The normalized spacial score (nSPS) is 21.1. The number of hydrogen-bond acceptors (Lipinski definition) is 5. The summed E-state index contributed by atoms with van der Waals surface area (Å²) >= 11 is 0. The Hall–Kier alpha value is -0.690. The Morgan fingerprint density at radius 2 is 2.31 bits per heavy atom. The van der Waals surface area contributed by atoms with Crippen LogP contribution in [0.5, 0.6) is 0 Å². The maximum atomic E-state index is 10.6. The third-order valence-corrected chi connectivity index (χ3v) is 1.91. The molecule has 1 fully saturated rings. The number of carbonyl (C=O) groups excluding carboxylic acids is 1. The van der Waals surface area contributed by atoms with Crippen LogP contribution in [0.2, 0.25) is 0 Å². The lowest BCUT2D eigenvalue weighted by Crippen LogP contribution is -2.52. The maximum Gasteiger partial charge on any atom is 0.223 e. The van der Waals surface area contributed by atoms with E-state index in [0.29, 0.717) is 13.1 Å². The summed E-state index contributed by atoms with van der Waals surface area (Å²) in [5.41, 5.74) is 5.03. The molecule has 0 aromatic heterocycles. The first kappa shape index (κ1) is 10.4. The number of carbonyl (C=O) groups is 1. The van der Waals surface area contributed by atoms with E-state index < -0.39 is 6.10 Å². The molecule has 0 spiro atoms. The lowest BCUT2D eigenvalue weighted by atomic mass is 10.0. The van der Waals surface area contributed by atoms with Gasteiger partial charge in [0.25, 0.3) is 0 Å². The molecule has 1 aliphatic heterocycles. The summed E-state index contributed by atoms with van der Waals surface area (Å²) in [6.07, 6.45) is -0.868. The van der Waals surface area contributed by atoms with Crippen LogP contribution in [-0.4, -0.2) is 53.6 Å².